The van der Waals surface area contributed by atoms with Crippen LogP contribution in [0.3, 0.4) is 0 Å². The van der Waals surface area contributed by atoms with Crippen LogP contribution >= 0.6 is 24.0 Å². The number of Topliss-reactive ketones (excluding diaryl/α,β-unsaturated/α-hetero) is 1. The molecule has 0 amide bonds. The zero-order valence-corrected chi connectivity index (χ0v) is 10.9. The van der Waals surface area contributed by atoms with E-state index in [1.54, 1.807) is 32.0 Å². The van der Waals surface area contributed by atoms with E-state index < -0.39 is 5.54 Å². The van der Waals surface area contributed by atoms with Crippen LogP contribution in [0.5, 0.6) is 0 Å². The Bertz CT molecular complexity index is 392. The fourth-order valence-electron chi connectivity index (χ4n) is 1.20. The van der Waals surface area contributed by atoms with Crippen LogP contribution in [-0.4, -0.2) is 16.5 Å². The molecule has 0 fully saturated rings. The van der Waals surface area contributed by atoms with Gasteiger partial charge < -0.3 is 5.21 Å². The third kappa shape index (κ3) is 3.19. The minimum Gasteiger partial charge on any atom is -0.316 e. The second-order valence-corrected chi connectivity index (χ2v) is 4.44. The second-order valence-electron chi connectivity index (χ2n) is 4.03. The van der Waals surface area contributed by atoms with Gasteiger partial charge in [0.25, 0.3) is 0 Å². The van der Waals surface area contributed by atoms with Crippen molar-refractivity contribution in [2.24, 2.45) is 0 Å². The minimum atomic E-state index is -0.986. The van der Waals surface area contributed by atoms with Crippen molar-refractivity contribution < 1.29 is 10.0 Å². The largest absolute Gasteiger partial charge is 0.316 e. The molecule has 1 rings (SSSR count). The Labute approximate surface area is 106 Å². The molecule has 0 heterocycles. The zero-order chi connectivity index (χ0) is 11.6. The monoisotopic (exact) mass is 263 g/mol. The van der Waals surface area contributed by atoms with Crippen LogP contribution in [0.4, 0.5) is 0 Å². The number of nitrogens with one attached hydrogen (secondary N) is 1. The Kier molecular flexibility index (Phi) is 5.42. The number of hydroxylamine groups is 1. The lowest BCUT2D eigenvalue weighted by Crippen LogP contribution is -2.44. The van der Waals surface area contributed by atoms with Crippen molar-refractivity contribution in [3.05, 3.63) is 34.3 Å². The first kappa shape index (κ1) is 15.4. The van der Waals surface area contributed by atoms with Crippen molar-refractivity contribution in [3.63, 3.8) is 0 Å². The molecule has 0 saturated heterocycles. The number of carbonyl (C=O) groups is 1. The molecular weight excluding hydrogens is 249 g/mol. The number of rotatable bonds is 3. The number of ketones is 1. The summed E-state index contributed by atoms with van der Waals surface area (Å²) in [5.41, 5.74) is 2.38. The second kappa shape index (κ2) is 5.64. The minimum absolute atomic E-state index is 0. The van der Waals surface area contributed by atoms with Gasteiger partial charge in [-0.25, -0.2) is 0 Å². The number of hydrogen-bond acceptors (Lipinski definition) is 3. The molecule has 3 nitrogen and oxygen atoms in total. The van der Waals surface area contributed by atoms with Crippen molar-refractivity contribution in [1.29, 1.82) is 0 Å². The van der Waals surface area contributed by atoms with Crippen molar-refractivity contribution in [2.45, 2.75) is 26.3 Å². The molecule has 0 bridgehead atoms. The molecule has 0 aliphatic carbocycles. The third-order valence-corrected chi connectivity index (χ3v) is 2.69. The highest BCUT2D eigenvalue weighted by molar-refractivity contribution is 6.31. The average Bonchev–Trinajstić information content (AvgIpc) is 2.21. The van der Waals surface area contributed by atoms with E-state index in [1.807, 2.05) is 12.4 Å². The van der Waals surface area contributed by atoms with Gasteiger partial charge in [0, 0.05) is 10.6 Å². The molecule has 2 N–H and O–H groups in total. The first-order valence-corrected chi connectivity index (χ1v) is 4.98. The standard InChI is InChI=1S/C11H14ClNO2.ClH/c1-7-6-8(4-5-9(7)12)10(14)11(2,3)13-15;/h4-6,13,15H,1-3H3;1H. The van der Waals surface area contributed by atoms with Crippen LogP contribution in [-0.2, 0) is 0 Å². The van der Waals surface area contributed by atoms with E-state index in [0.717, 1.165) is 5.56 Å². The lowest BCUT2D eigenvalue weighted by atomic mass is 9.93. The zero-order valence-electron chi connectivity index (χ0n) is 9.37. The van der Waals surface area contributed by atoms with E-state index >= 15 is 0 Å². The summed E-state index contributed by atoms with van der Waals surface area (Å²) in [6, 6.07) is 5.04. The van der Waals surface area contributed by atoms with Gasteiger partial charge >= 0.3 is 0 Å². The maximum Gasteiger partial charge on any atom is 0.184 e. The Balaban J connectivity index is 0.00000225. The van der Waals surface area contributed by atoms with Crippen LogP contribution in [0, 0.1) is 6.92 Å². The van der Waals surface area contributed by atoms with Gasteiger partial charge in [-0.3, -0.25) is 4.79 Å². The molecule has 0 atom stereocenters. The van der Waals surface area contributed by atoms with E-state index in [-0.39, 0.29) is 18.2 Å². The van der Waals surface area contributed by atoms with Gasteiger partial charge in [-0.15, -0.1) is 12.4 Å². The van der Waals surface area contributed by atoms with Crippen molar-refractivity contribution in [3.8, 4) is 0 Å². The van der Waals surface area contributed by atoms with Gasteiger partial charge in [0.1, 0.15) is 5.54 Å². The highest BCUT2D eigenvalue weighted by Gasteiger charge is 2.27. The van der Waals surface area contributed by atoms with Crippen molar-refractivity contribution in [2.75, 3.05) is 0 Å². The highest BCUT2D eigenvalue weighted by Crippen LogP contribution is 2.19. The highest BCUT2D eigenvalue weighted by atomic mass is 35.5. The molecule has 5 heteroatoms. The van der Waals surface area contributed by atoms with E-state index in [0.29, 0.717) is 10.6 Å². The summed E-state index contributed by atoms with van der Waals surface area (Å²) < 4.78 is 0. The molecule has 16 heavy (non-hydrogen) atoms. The summed E-state index contributed by atoms with van der Waals surface area (Å²) in [7, 11) is 0. The summed E-state index contributed by atoms with van der Waals surface area (Å²) in [5.74, 6) is -0.176. The molecule has 0 aromatic heterocycles. The number of benzene rings is 1. The molecule has 0 spiro atoms. The van der Waals surface area contributed by atoms with Gasteiger partial charge in [-0.2, -0.15) is 5.48 Å². The number of halogens is 2. The van der Waals surface area contributed by atoms with E-state index in [9.17, 15) is 4.79 Å². The molecule has 1 aromatic carbocycles. The van der Waals surface area contributed by atoms with Gasteiger partial charge in [0.05, 0.1) is 0 Å². The Morgan fingerprint density at radius 2 is 2.00 bits per heavy atom. The summed E-state index contributed by atoms with van der Waals surface area (Å²) in [4.78, 5) is 11.9. The number of carbonyl (C=O) groups excluding carboxylic acids is 1. The molecule has 90 valence electrons. The predicted octanol–water partition coefficient (Wildman–Crippen LogP) is 3.01. The van der Waals surface area contributed by atoms with Gasteiger partial charge in [-0.05, 0) is 44.5 Å². The topological polar surface area (TPSA) is 49.3 Å². The summed E-state index contributed by atoms with van der Waals surface area (Å²) in [5, 5.41) is 9.48. The third-order valence-electron chi connectivity index (χ3n) is 2.27. The van der Waals surface area contributed by atoms with E-state index in [2.05, 4.69) is 0 Å². The van der Waals surface area contributed by atoms with Crippen molar-refractivity contribution in [1.82, 2.24) is 5.48 Å². The molecule has 0 unspecified atom stereocenters. The maximum atomic E-state index is 11.9. The lowest BCUT2D eigenvalue weighted by Gasteiger charge is -2.20. The Morgan fingerprint density at radius 3 is 2.44 bits per heavy atom. The lowest BCUT2D eigenvalue weighted by molar-refractivity contribution is 0.0569. The van der Waals surface area contributed by atoms with Crippen LogP contribution in [0.1, 0.15) is 29.8 Å². The Hall–Kier alpha value is -0.610. The molecule has 0 aliphatic heterocycles. The first-order chi connectivity index (χ1) is 6.88. The van der Waals surface area contributed by atoms with Crippen LogP contribution in [0.15, 0.2) is 18.2 Å². The molecule has 0 saturated carbocycles. The predicted molar refractivity (Wildman–Crippen MR) is 66.8 cm³/mol. The smallest absolute Gasteiger partial charge is 0.184 e. The summed E-state index contributed by atoms with van der Waals surface area (Å²) in [6.45, 7) is 5.05. The van der Waals surface area contributed by atoms with Gasteiger partial charge in [-0.1, -0.05) is 11.6 Å². The van der Waals surface area contributed by atoms with Crippen molar-refractivity contribution >= 4 is 29.8 Å². The SMILES string of the molecule is Cc1cc(C(=O)C(C)(C)NO)ccc1Cl.Cl. The molecule has 0 radical (unpaired) electrons. The summed E-state index contributed by atoms with van der Waals surface area (Å²) in [6.07, 6.45) is 0. The van der Waals surface area contributed by atoms with Gasteiger partial charge in [0.2, 0.25) is 0 Å². The van der Waals surface area contributed by atoms with Crippen LogP contribution in [0.25, 0.3) is 0 Å². The van der Waals surface area contributed by atoms with Crippen LogP contribution in [0.2, 0.25) is 5.02 Å². The Morgan fingerprint density at radius 1 is 1.44 bits per heavy atom. The molecule has 0 aliphatic rings. The quantitative estimate of drug-likeness (QED) is 0.651. The molecular formula is C11H15Cl2NO2. The normalized spacial score (nSPS) is 10.8. The maximum absolute atomic E-state index is 11.9. The molecule has 1 aromatic rings. The van der Waals surface area contributed by atoms with E-state index in [1.165, 1.54) is 0 Å². The van der Waals surface area contributed by atoms with Crippen LogP contribution < -0.4 is 5.48 Å². The first-order valence-electron chi connectivity index (χ1n) is 4.60. The fourth-order valence-corrected chi connectivity index (χ4v) is 1.32. The fraction of sp³-hybridized carbons (Fsp3) is 0.364. The summed E-state index contributed by atoms with van der Waals surface area (Å²) >= 11 is 5.86. The van der Waals surface area contributed by atoms with E-state index in [4.69, 9.17) is 16.8 Å². The number of aryl methyl sites for hydroxylation is 1. The van der Waals surface area contributed by atoms with Gasteiger partial charge in [0.15, 0.2) is 5.78 Å². The number of hydrogen-bond donors (Lipinski definition) is 2. The average molecular weight is 264 g/mol.